The van der Waals surface area contributed by atoms with Gasteiger partial charge in [-0.2, -0.15) is 17.4 Å². The molecule has 10 nitrogen and oxygen atoms in total. The predicted molar refractivity (Wildman–Crippen MR) is 122 cm³/mol. The van der Waals surface area contributed by atoms with Crippen LogP contribution < -0.4 is 16.2 Å². The topological polar surface area (TPSA) is 157 Å². The largest absolute Gasteiger partial charge is 0.480 e. The number of nitrogens with two attached hydrogens (primary N) is 2. The van der Waals surface area contributed by atoms with E-state index < -0.39 is 27.6 Å². The molecule has 2 heterocycles. The molecule has 12 heteroatoms. The van der Waals surface area contributed by atoms with E-state index in [2.05, 4.69) is 25.5 Å². The predicted octanol–water partition coefficient (Wildman–Crippen LogP) is 0.143. The minimum Gasteiger partial charge on any atom is -0.480 e. The molecular weight excluding hydrogens is 447 g/mol. The van der Waals surface area contributed by atoms with Crippen LogP contribution in [0, 0.1) is 23.2 Å². The fourth-order valence-corrected chi connectivity index (χ4v) is 8.45. The summed E-state index contributed by atoms with van der Waals surface area (Å²) in [5.74, 6) is -0.502. The van der Waals surface area contributed by atoms with Gasteiger partial charge in [-0.3, -0.25) is 4.79 Å². The highest BCUT2D eigenvalue weighted by molar-refractivity contribution is 7.87. The molecule has 0 radical (unpaired) electrons. The molecule has 33 heavy (non-hydrogen) atoms. The van der Waals surface area contributed by atoms with Gasteiger partial charge in [0.2, 0.25) is 0 Å². The van der Waals surface area contributed by atoms with Crippen LogP contribution >= 0.6 is 0 Å². The SMILES string of the molecule is CC1(C)[C@H]2C[C@@H]3OB(CCC[C@H]4CN(S(=O)(=O)N[C@@H]5C[C@H]5N)C[C@@]4(N)C(=O)O)O[C@]3(C)[C@@H]1C2. The van der Waals surface area contributed by atoms with Gasteiger partial charge in [-0.25, -0.2) is 0 Å². The fraction of sp³-hybridized carbons (Fsp3) is 0.952. The van der Waals surface area contributed by atoms with Crippen molar-refractivity contribution in [3.05, 3.63) is 0 Å². The number of carboxylic acid groups (broad SMARTS) is 1. The Morgan fingerprint density at radius 1 is 1.27 bits per heavy atom. The Labute approximate surface area is 196 Å². The van der Waals surface area contributed by atoms with E-state index in [1.165, 1.54) is 6.42 Å². The first-order valence-electron chi connectivity index (χ1n) is 12.2. The van der Waals surface area contributed by atoms with Crippen LogP contribution in [-0.4, -0.2) is 73.3 Å². The first-order valence-corrected chi connectivity index (χ1v) is 13.6. The van der Waals surface area contributed by atoms with Crippen molar-refractivity contribution >= 4 is 23.3 Å². The number of nitrogens with one attached hydrogen (secondary N) is 1. The van der Waals surface area contributed by atoms with Gasteiger partial charge in [0.1, 0.15) is 5.54 Å². The van der Waals surface area contributed by atoms with Crippen molar-refractivity contribution in [2.45, 2.75) is 88.5 Å². The Morgan fingerprint density at radius 3 is 2.58 bits per heavy atom. The maximum Gasteiger partial charge on any atom is 0.457 e. The summed E-state index contributed by atoms with van der Waals surface area (Å²) in [6, 6.07) is -0.475. The lowest BCUT2D eigenvalue weighted by Crippen LogP contribution is -2.65. The zero-order valence-electron chi connectivity index (χ0n) is 19.7. The molecule has 4 aliphatic carbocycles. The average molecular weight is 484 g/mol. The molecule has 2 aliphatic heterocycles. The van der Waals surface area contributed by atoms with E-state index in [4.69, 9.17) is 20.8 Å². The number of carboxylic acids is 1. The molecule has 2 bridgehead atoms. The van der Waals surface area contributed by atoms with Crippen molar-refractivity contribution in [2.24, 2.45) is 34.6 Å². The summed E-state index contributed by atoms with van der Waals surface area (Å²) in [5.41, 5.74) is 10.4. The molecule has 186 valence electrons. The molecule has 0 aromatic heterocycles. The molecule has 6 N–H and O–H groups in total. The minimum absolute atomic E-state index is 0.0742. The molecule has 0 aromatic carbocycles. The van der Waals surface area contributed by atoms with Crippen LogP contribution in [-0.2, 0) is 24.3 Å². The average Bonchev–Trinajstić information content (AvgIpc) is 3.11. The molecule has 0 unspecified atom stereocenters. The zero-order valence-corrected chi connectivity index (χ0v) is 20.5. The van der Waals surface area contributed by atoms with Crippen LogP contribution in [0.4, 0.5) is 0 Å². The lowest BCUT2D eigenvalue weighted by atomic mass is 9.43. The number of carbonyl (C=O) groups is 1. The minimum atomic E-state index is -3.83. The normalized spacial score (nSPS) is 46.2. The molecule has 0 amide bonds. The van der Waals surface area contributed by atoms with Crippen molar-refractivity contribution in [3.63, 3.8) is 0 Å². The monoisotopic (exact) mass is 484 g/mol. The third kappa shape index (κ3) is 3.77. The maximum atomic E-state index is 12.7. The summed E-state index contributed by atoms with van der Waals surface area (Å²) in [6.45, 7) is 6.64. The second-order valence-electron chi connectivity index (χ2n) is 11.8. The van der Waals surface area contributed by atoms with Crippen molar-refractivity contribution in [2.75, 3.05) is 13.1 Å². The van der Waals surface area contributed by atoms with E-state index >= 15 is 0 Å². The second-order valence-corrected chi connectivity index (χ2v) is 13.5. The summed E-state index contributed by atoms with van der Waals surface area (Å²) in [5, 5.41) is 9.79. The number of aliphatic carboxylic acids is 1. The van der Waals surface area contributed by atoms with Gasteiger partial charge in [-0.15, -0.1) is 0 Å². The Bertz CT molecular complexity index is 936. The third-order valence-electron chi connectivity index (χ3n) is 9.46. The van der Waals surface area contributed by atoms with Gasteiger partial charge >= 0.3 is 13.1 Å². The Kier molecular flexibility index (Phi) is 5.53. The number of hydrogen-bond acceptors (Lipinski definition) is 7. The summed E-state index contributed by atoms with van der Waals surface area (Å²) in [4.78, 5) is 12.0. The van der Waals surface area contributed by atoms with Crippen LogP contribution in [0.3, 0.4) is 0 Å². The van der Waals surface area contributed by atoms with Crippen LogP contribution in [0.15, 0.2) is 0 Å². The van der Waals surface area contributed by atoms with Crippen LogP contribution in [0.25, 0.3) is 0 Å². The lowest BCUT2D eigenvalue weighted by Gasteiger charge is -2.64. The number of nitrogens with zero attached hydrogens (tertiary/aromatic N) is 1. The number of hydrogen-bond donors (Lipinski definition) is 4. The van der Waals surface area contributed by atoms with Gasteiger partial charge in [0.05, 0.1) is 11.7 Å². The van der Waals surface area contributed by atoms with Crippen molar-refractivity contribution in [1.82, 2.24) is 9.03 Å². The van der Waals surface area contributed by atoms with E-state index in [9.17, 15) is 18.3 Å². The van der Waals surface area contributed by atoms with Crippen LogP contribution in [0.2, 0.25) is 6.32 Å². The molecule has 6 aliphatic rings. The third-order valence-corrected chi connectivity index (χ3v) is 11.0. The summed E-state index contributed by atoms with van der Waals surface area (Å²) >= 11 is 0. The molecule has 6 rings (SSSR count). The molecule has 4 saturated carbocycles. The van der Waals surface area contributed by atoms with Crippen molar-refractivity contribution in [1.29, 1.82) is 0 Å². The van der Waals surface area contributed by atoms with E-state index in [1.54, 1.807) is 0 Å². The van der Waals surface area contributed by atoms with Gasteiger partial charge in [-0.1, -0.05) is 20.3 Å². The van der Waals surface area contributed by atoms with E-state index in [-0.39, 0.29) is 49.4 Å². The van der Waals surface area contributed by atoms with Crippen molar-refractivity contribution in [3.8, 4) is 0 Å². The maximum absolute atomic E-state index is 12.7. The molecular formula is C21H37BN4O6S. The zero-order chi connectivity index (χ0) is 24.0. The van der Waals surface area contributed by atoms with Gasteiger partial charge in [-0.05, 0) is 56.2 Å². The van der Waals surface area contributed by atoms with E-state index in [0.717, 1.165) is 10.7 Å². The van der Waals surface area contributed by atoms with Crippen molar-refractivity contribution < 1.29 is 27.6 Å². The summed E-state index contributed by atoms with van der Waals surface area (Å²) < 4.78 is 41.8. The van der Waals surface area contributed by atoms with E-state index in [1.807, 2.05) is 0 Å². The first kappa shape index (κ1) is 24.0. The molecule has 0 spiro atoms. The molecule has 2 saturated heterocycles. The Morgan fingerprint density at radius 2 is 1.97 bits per heavy atom. The van der Waals surface area contributed by atoms with Crippen LogP contribution in [0.5, 0.6) is 0 Å². The Balaban J connectivity index is 1.18. The van der Waals surface area contributed by atoms with Gasteiger partial charge in [0, 0.05) is 31.1 Å². The van der Waals surface area contributed by atoms with Gasteiger partial charge in [0.15, 0.2) is 0 Å². The molecule has 8 atom stereocenters. The number of rotatable bonds is 8. The van der Waals surface area contributed by atoms with E-state index in [0.29, 0.717) is 37.4 Å². The lowest BCUT2D eigenvalue weighted by molar-refractivity contribution is -0.199. The van der Waals surface area contributed by atoms with Gasteiger partial charge < -0.3 is 25.9 Å². The highest BCUT2D eigenvalue weighted by atomic mass is 32.2. The Hall–Kier alpha value is -0.755. The quantitative estimate of drug-likeness (QED) is 0.355. The smallest absolute Gasteiger partial charge is 0.457 e. The summed E-state index contributed by atoms with van der Waals surface area (Å²) in [6.07, 6.45) is 4.68. The van der Waals surface area contributed by atoms with Gasteiger partial charge in [0.25, 0.3) is 10.2 Å². The fourth-order valence-electron chi connectivity index (χ4n) is 6.89. The molecule has 0 aromatic rings. The molecule has 6 fully saturated rings. The van der Waals surface area contributed by atoms with Crippen LogP contribution in [0.1, 0.15) is 52.9 Å². The highest BCUT2D eigenvalue weighted by Gasteiger charge is 2.67. The second kappa shape index (κ2) is 7.62. The summed E-state index contributed by atoms with van der Waals surface area (Å²) in [7, 11) is -4.15. The highest BCUT2D eigenvalue weighted by Crippen LogP contribution is 2.65. The first-order chi connectivity index (χ1) is 15.3. The standard InChI is InChI=1S/C21H37BN4O6S/c1-19(2)13-7-16(19)20(3)17(8-13)31-22(32-20)6-4-5-12-10-26(11-21(12,24)18(27)28)33(29,30)25-15-9-14(15)23/h12-17,25H,4-11,23-24H2,1-3H3,(H,27,28)/t12-,13+,14+,15+,16+,17-,20+,21-/m0/s1.